The molecule has 0 fully saturated rings. The maximum atomic E-state index is 12.5. The van der Waals surface area contributed by atoms with Gasteiger partial charge in [-0.05, 0) is 13.0 Å². The van der Waals surface area contributed by atoms with Crippen LogP contribution in [0.3, 0.4) is 0 Å². The Morgan fingerprint density at radius 3 is 2.82 bits per heavy atom. The zero-order chi connectivity index (χ0) is 15.5. The zero-order valence-corrected chi connectivity index (χ0v) is 11.6. The second-order valence-electron chi connectivity index (χ2n) is 4.61. The number of fused-ring (bicyclic) bond motifs is 1. The molecule has 0 bridgehead atoms. The van der Waals surface area contributed by atoms with Gasteiger partial charge in [0.05, 0.1) is 12.4 Å². The van der Waals surface area contributed by atoms with Gasteiger partial charge < -0.3 is 15.0 Å². The predicted molar refractivity (Wildman–Crippen MR) is 76.8 cm³/mol. The van der Waals surface area contributed by atoms with Gasteiger partial charge in [0.2, 0.25) is 0 Å². The van der Waals surface area contributed by atoms with Crippen LogP contribution in [0.2, 0.25) is 0 Å². The molecule has 2 aromatic heterocycles. The first-order chi connectivity index (χ1) is 10.6. The fraction of sp³-hybridized carbons (Fsp3) is 0.214. The number of alkyl halides is 2. The summed E-state index contributed by atoms with van der Waals surface area (Å²) in [6.45, 7) is -1.04. The van der Waals surface area contributed by atoms with Crippen LogP contribution in [0.1, 0.15) is 18.5 Å². The van der Waals surface area contributed by atoms with Crippen molar-refractivity contribution in [3.8, 4) is 5.75 Å². The summed E-state index contributed by atoms with van der Waals surface area (Å²) in [7, 11) is 0. The number of rotatable bonds is 5. The number of anilines is 1. The predicted octanol–water partition coefficient (Wildman–Crippen LogP) is 3.13. The van der Waals surface area contributed by atoms with Crippen molar-refractivity contribution in [3.63, 3.8) is 0 Å². The van der Waals surface area contributed by atoms with E-state index in [0.717, 1.165) is 0 Å². The number of nitrogens with zero attached hydrogens (tertiary/aromatic N) is 3. The van der Waals surface area contributed by atoms with Crippen molar-refractivity contribution in [3.05, 3.63) is 42.5 Å². The van der Waals surface area contributed by atoms with Gasteiger partial charge in [-0.15, -0.1) is 0 Å². The number of hydrogen-bond acceptors (Lipinski definition) is 5. The van der Waals surface area contributed by atoms with Crippen LogP contribution in [0.4, 0.5) is 14.6 Å². The summed E-state index contributed by atoms with van der Waals surface area (Å²) in [5.41, 5.74) is 1.79. The number of para-hydroxylation sites is 1. The number of hydrogen-bond donors (Lipinski definition) is 2. The molecule has 1 aromatic carbocycles. The van der Waals surface area contributed by atoms with Gasteiger partial charge in [-0.25, -0.2) is 15.0 Å². The van der Waals surface area contributed by atoms with Crippen LogP contribution in [0.5, 0.6) is 5.75 Å². The molecule has 114 valence electrons. The van der Waals surface area contributed by atoms with E-state index in [4.69, 9.17) is 0 Å². The lowest BCUT2D eigenvalue weighted by atomic mass is 10.1. The highest BCUT2D eigenvalue weighted by molar-refractivity contribution is 5.82. The Hall–Kier alpha value is -2.77. The second-order valence-corrected chi connectivity index (χ2v) is 4.61. The third-order valence-corrected chi connectivity index (χ3v) is 3.18. The minimum absolute atomic E-state index is 0.132. The highest BCUT2D eigenvalue weighted by atomic mass is 19.3. The fourth-order valence-corrected chi connectivity index (χ4v) is 2.20. The number of imidazole rings is 1. The van der Waals surface area contributed by atoms with Gasteiger partial charge >= 0.3 is 6.61 Å². The normalized spacial score (nSPS) is 12.5. The molecule has 3 rings (SSSR count). The van der Waals surface area contributed by atoms with Crippen LogP contribution >= 0.6 is 0 Å². The summed E-state index contributed by atoms with van der Waals surface area (Å²) in [6, 6.07) is 6.34. The van der Waals surface area contributed by atoms with E-state index in [0.29, 0.717) is 22.5 Å². The number of halogens is 2. The van der Waals surface area contributed by atoms with Gasteiger partial charge in [0.25, 0.3) is 0 Å². The first-order valence-electron chi connectivity index (χ1n) is 6.59. The Bertz CT molecular complexity index is 777. The van der Waals surface area contributed by atoms with Crippen molar-refractivity contribution in [2.24, 2.45) is 0 Å². The van der Waals surface area contributed by atoms with E-state index < -0.39 is 6.61 Å². The van der Waals surface area contributed by atoms with Gasteiger partial charge in [-0.1, -0.05) is 18.2 Å². The maximum absolute atomic E-state index is 12.5. The smallest absolute Gasteiger partial charge is 0.387 e. The number of H-pyrrole nitrogens is 1. The van der Waals surface area contributed by atoms with Crippen LogP contribution in [-0.4, -0.2) is 26.5 Å². The Balaban J connectivity index is 1.89. The molecule has 2 N–H and O–H groups in total. The lowest BCUT2D eigenvalue weighted by molar-refractivity contribution is -0.0505. The summed E-state index contributed by atoms with van der Waals surface area (Å²) in [5, 5.41) is 3.15. The average molecular weight is 305 g/mol. The third-order valence-electron chi connectivity index (χ3n) is 3.18. The van der Waals surface area contributed by atoms with E-state index in [9.17, 15) is 8.78 Å². The van der Waals surface area contributed by atoms with Gasteiger partial charge in [-0.3, -0.25) is 0 Å². The molecular weight excluding hydrogens is 292 g/mol. The lowest BCUT2D eigenvalue weighted by Crippen LogP contribution is -2.12. The van der Waals surface area contributed by atoms with Crippen molar-refractivity contribution in [2.45, 2.75) is 19.6 Å². The number of nitrogens with one attached hydrogen (secondary N) is 2. The van der Waals surface area contributed by atoms with Crippen LogP contribution in [0.15, 0.2) is 36.9 Å². The van der Waals surface area contributed by atoms with E-state index >= 15 is 0 Å². The van der Waals surface area contributed by atoms with Crippen LogP contribution < -0.4 is 10.1 Å². The van der Waals surface area contributed by atoms with E-state index in [1.165, 1.54) is 18.7 Å². The third kappa shape index (κ3) is 2.80. The summed E-state index contributed by atoms with van der Waals surface area (Å²) < 4.78 is 29.5. The quantitative estimate of drug-likeness (QED) is 0.757. The number of benzene rings is 1. The van der Waals surface area contributed by atoms with E-state index in [1.807, 2.05) is 6.92 Å². The van der Waals surface area contributed by atoms with Gasteiger partial charge in [0, 0.05) is 5.56 Å². The van der Waals surface area contributed by atoms with E-state index in [2.05, 4.69) is 30.0 Å². The summed E-state index contributed by atoms with van der Waals surface area (Å²) in [5.74, 6) is 0.675. The highest BCUT2D eigenvalue weighted by Crippen LogP contribution is 2.29. The number of ether oxygens (including phenoxy) is 1. The molecule has 1 unspecified atom stereocenters. The molecule has 0 radical (unpaired) electrons. The van der Waals surface area contributed by atoms with Crippen LogP contribution in [-0.2, 0) is 0 Å². The molecule has 3 aromatic rings. The first-order valence-corrected chi connectivity index (χ1v) is 6.59. The Morgan fingerprint density at radius 1 is 1.18 bits per heavy atom. The number of aromatic nitrogens is 4. The SMILES string of the molecule is CC(Nc1ncnc2nc[nH]c12)c1ccccc1OC(F)F. The van der Waals surface area contributed by atoms with E-state index in [1.54, 1.807) is 18.2 Å². The first kappa shape index (κ1) is 14.2. The molecule has 2 heterocycles. The number of aromatic amines is 1. The zero-order valence-electron chi connectivity index (χ0n) is 11.6. The fourth-order valence-electron chi connectivity index (χ4n) is 2.20. The van der Waals surface area contributed by atoms with Gasteiger partial charge in [0.1, 0.15) is 17.6 Å². The standard InChI is InChI=1S/C14H13F2N5O/c1-8(9-4-2-3-5-10(9)22-14(15)16)21-13-11-12(18-6-17-11)19-7-20-13/h2-8,14H,1H3,(H2,17,18,19,20,21). The molecule has 0 amide bonds. The van der Waals surface area contributed by atoms with Gasteiger partial charge in [0.15, 0.2) is 11.5 Å². The summed E-state index contributed by atoms with van der Waals surface area (Å²) in [4.78, 5) is 15.2. The molecule has 8 heteroatoms. The molecule has 0 saturated carbocycles. The van der Waals surface area contributed by atoms with Crippen LogP contribution in [0, 0.1) is 0 Å². The molecular formula is C14H13F2N5O. The molecule has 0 aliphatic rings. The largest absolute Gasteiger partial charge is 0.434 e. The highest BCUT2D eigenvalue weighted by Gasteiger charge is 2.16. The molecule has 0 aliphatic heterocycles. The molecule has 1 atom stereocenters. The Morgan fingerprint density at radius 2 is 2.00 bits per heavy atom. The average Bonchev–Trinajstić information content (AvgIpc) is 2.96. The minimum atomic E-state index is -2.87. The molecule has 0 spiro atoms. The molecule has 6 nitrogen and oxygen atoms in total. The maximum Gasteiger partial charge on any atom is 0.387 e. The van der Waals surface area contributed by atoms with E-state index in [-0.39, 0.29) is 11.8 Å². The molecule has 0 aliphatic carbocycles. The topological polar surface area (TPSA) is 75.7 Å². The minimum Gasteiger partial charge on any atom is -0.434 e. The summed E-state index contributed by atoms with van der Waals surface area (Å²) >= 11 is 0. The lowest BCUT2D eigenvalue weighted by Gasteiger charge is -2.18. The summed E-state index contributed by atoms with van der Waals surface area (Å²) in [6.07, 6.45) is 2.91. The monoisotopic (exact) mass is 305 g/mol. The van der Waals surface area contributed by atoms with Crippen molar-refractivity contribution in [2.75, 3.05) is 5.32 Å². The van der Waals surface area contributed by atoms with Crippen molar-refractivity contribution >= 4 is 17.0 Å². The van der Waals surface area contributed by atoms with Crippen molar-refractivity contribution < 1.29 is 13.5 Å². The second kappa shape index (κ2) is 5.92. The Labute approximate surface area is 124 Å². The Kier molecular flexibility index (Phi) is 3.82. The molecule has 22 heavy (non-hydrogen) atoms. The van der Waals surface area contributed by atoms with Crippen LogP contribution in [0.25, 0.3) is 11.2 Å². The molecule has 0 saturated heterocycles. The van der Waals surface area contributed by atoms with Crippen molar-refractivity contribution in [1.29, 1.82) is 0 Å². The van der Waals surface area contributed by atoms with Crippen molar-refractivity contribution in [1.82, 2.24) is 19.9 Å². The van der Waals surface area contributed by atoms with Gasteiger partial charge in [-0.2, -0.15) is 8.78 Å².